The summed E-state index contributed by atoms with van der Waals surface area (Å²) < 4.78 is 2.77. The maximum atomic E-state index is 12.5. The molecule has 0 amide bonds. The maximum absolute atomic E-state index is 12.5. The lowest BCUT2D eigenvalue weighted by molar-refractivity contribution is 0.0695. The van der Waals surface area contributed by atoms with Gasteiger partial charge in [-0.2, -0.15) is 0 Å². The first-order valence-electron chi connectivity index (χ1n) is 7.02. The van der Waals surface area contributed by atoms with E-state index in [9.17, 15) is 14.7 Å². The number of hydrogen-bond donors (Lipinski definition) is 1. The highest BCUT2D eigenvalue weighted by Gasteiger charge is 2.19. The number of nitrogens with zero attached hydrogens (tertiary/aromatic N) is 2. The molecule has 0 radical (unpaired) electrons. The van der Waals surface area contributed by atoms with Gasteiger partial charge in [-0.3, -0.25) is 9.48 Å². The fourth-order valence-electron chi connectivity index (χ4n) is 2.43. The van der Waals surface area contributed by atoms with Gasteiger partial charge in [0, 0.05) is 11.2 Å². The maximum Gasteiger partial charge on any atom is 0.342 e. The van der Waals surface area contributed by atoms with Crippen LogP contribution in [0.15, 0.2) is 59.5 Å². The lowest BCUT2D eigenvalue weighted by Gasteiger charge is -2.13. The fraction of sp³-hybridized carbons (Fsp3) is 0.0588. The Balaban J connectivity index is 2.19. The Labute approximate surface area is 147 Å². The number of hydrogen-bond acceptors (Lipinski definition) is 2. The monoisotopic (exact) mass is 362 g/mol. The van der Waals surface area contributed by atoms with E-state index in [0.717, 1.165) is 5.56 Å². The molecule has 2 aromatic carbocycles. The van der Waals surface area contributed by atoms with Crippen LogP contribution in [-0.2, 0) is 6.54 Å². The highest BCUT2D eigenvalue weighted by atomic mass is 35.5. The SMILES string of the molecule is O=C(O)c1cn(Cc2ccccc2)n(-c2ccc(Cl)cc2Cl)c1=O. The van der Waals surface area contributed by atoms with Crippen molar-refractivity contribution in [2.24, 2.45) is 0 Å². The highest BCUT2D eigenvalue weighted by molar-refractivity contribution is 6.35. The van der Waals surface area contributed by atoms with E-state index in [1.165, 1.54) is 21.6 Å². The minimum atomic E-state index is -1.29. The third-order valence-electron chi connectivity index (χ3n) is 3.51. The summed E-state index contributed by atoms with van der Waals surface area (Å²) in [5.41, 5.74) is 0.317. The molecule has 5 nitrogen and oxygen atoms in total. The number of aromatic nitrogens is 2. The second-order valence-corrected chi connectivity index (χ2v) is 5.99. The van der Waals surface area contributed by atoms with Crippen LogP contribution in [0.1, 0.15) is 15.9 Å². The minimum Gasteiger partial charge on any atom is -0.477 e. The van der Waals surface area contributed by atoms with Crippen LogP contribution >= 0.6 is 23.2 Å². The molecule has 0 atom stereocenters. The van der Waals surface area contributed by atoms with Crippen molar-refractivity contribution in [3.8, 4) is 5.69 Å². The van der Waals surface area contributed by atoms with E-state index in [1.54, 1.807) is 12.1 Å². The number of benzene rings is 2. The first-order valence-corrected chi connectivity index (χ1v) is 7.78. The second-order valence-electron chi connectivity index (χ2n) is 5.14. The molecule has 0 bridgehead atoms. The van der Waals surface area contributed by atoms with Gasteiger partial charge in [-0.25, -0.2) is 9.48 Å². The summed E-state index contributed by atoms with van der Waals surface area (Å²) in [6, 6.07) is 14.1. The molecule has 0 aliphatic rings. The standard InChI is InChI=1S/C17H12Cl2N2O3/c18-12-6-7-15(14(19)8-12)21-16(22)13(17(23)24)10-20(21)9-11-4-2-1-3-5-11/h1-8,10H,9H2,(H,23,24). The molecule has 122 valence electrons. The van der Waals surface area contributed by atoms with Crippen LogP contribution in [0.4, 0.5) is 0 Å². The Hall–Kier alpha value is -2.50. The molecule has 0 saturated carbocycles. The molecule has 1 heterocycles. The van der Waals surface area contributed by atoms with Gasteiger partial charge in [-0.1, -0.05) is 53.5 Å². The van der Waals surface area contributed by atoms with Crippen LogP contribution in [-0.4, -0.2) is 20.4 Å². The van der Waals surface area contributed by atoms with E-state index < -0.39 is 11.5 Å². The molecule has 0 unspecified atom stereocenters. The molecule has 1 aromatic heterocycles. The second kappa shape index (κ2) is 6.55. The Morgan fingerprint density at radius 2 is 1.79 bits per heavy atom. The predicted molar refractivity (Wildman–Crippen MR) is 92.6 cm³/mol. The number of carboxylic acid groups (broad SMARTS) is 1. The Kier molecular flexibility index (Phi) is 4.46. The number of rotatable bonds is 4. The Bertz CT molecular complexity index is 962. The quantitative estimate of drug-likeness (QED) is 0.769. The van der Waals surface area contributed by atoms with Crippen molar-refractivity contribution in [3.63, 3.8) is 0 Å². The number of halogens is 2. The van der Waals surface area contributed by atoms with E-state index in [4.69, 9.17) is 23.2 Å². The van der Waals surface area contributed by atoms with Crippen molar-refractivity contribution in [2.75, 3.05) is 0 Å². The van der Waals surface area contributed by atoms with Gasteiger partial charge < -0.3 is 5.11 Å². The van der Waals surface area contributed by atoms with Crippen LogP contribution in [0.25, 0.3) is 5.69 Å². The van der Waals surface area contributed by atoms with Crippen molar-refractivity contribution in [3.05, 3.63) is 86.3 Å². The lowest BCUT2D eigenvalue weighted by Crippen LogP contribution is -2.24. The van der Waals surface area contributed by atoms with Gasteiger partial charge in [0.25, 0.3) is 5.56 Å². The topological polar surface area (TPSA) is 64.2 Å². The molecule has 0 fully saturated rings. The first kappa shape index (κ1) is 16.4. The zero-order chi connectivity index (χ0) is 17.3. The van der Waals surface area contributed by atoms with Gasteiger partial charge in [0.05, 0.1) is 17.3 Å². The van der Waals surface area contributed by atoms with Crippen molar-refractivity contribution < 1.29 is 9.90 Å². The van der Waals surface area contributed by atoms with Crippen LogP contribution in [0.3, 0.4) is 0 Å². The normalized spacial score (nSPS) is 10.8. The van der Waals surface area contributed by atoms with Crippen molar-refractivity contribution >= 4 is 29.2 Å². The third-order valence-corrected chi connectivity index (χ3v) is 4.05. The number of carboxylic acids is 1. The summed E-state index contributed by atoms with van der Waals surface area (Å²) in [6.45, 7) is 0.322. The van der Waals surface area contributed by atoms with E-state index in [1.807, 2.05) is 30.3 Å². The van der Waals surface area contributed by atoms with Crippen molar-refractivity contribution in [1.29, 1.82) is 0 Å². The Morgan fingerprint density at radius 3 is 2.42 bits per heavy atom. The zero-order valence-corrected chi connectivity index (χ0v) is 13.8. The van der Waals surface area contributed by atoms with Crippen LogP contribution in [0.5, 0.6) is 0 Å². The van der Waals surface area contributed by atoms with E-state index in [2.05, 4.69) is 0 Å². The molecular weight excluding hydrogens is 351 g/mol. The minimum absolute atomic E-state index is 0.258. The van der Waals surface area contributed by atoms with Crippen LogP contribution in [0, 0.1) is 0 Å². The van der Waals surface area contributed by atoms with E-state index in [-0.39, 0.29) is 10.6 Å². The van der Waals surface area contributed by atoms with Crippen LogP contribution < -0.4 is 5.56 Å². The van der Waals surface area contributed by atoms with E-state index >= 15 is 0 Å². The summed E-state index contributed by atoms with van der Waals surface area (Å²) in [7, 11) is 0. The smallest absolute Gasteiger partial charge is 0.342 e. The van der Waals surface area contributed by atoms with Gasteiger partial charge in [-0.15, -0.1) is 0 Å². The average molecular weight is 363 g/mol. The largest absolute Gasteiger partial charge is 0.477 e. The summed E-state index contributed by atoms with van der Waals surface area (Å²) in [5.74, 6) is -1.29. The van der Waals surface area contributed by atoms with Gasteiger partial charge >= 0.3 is 5.97 Å². The molecule has 7 heteroatoms. The molecule has 0 saturated heterocycles. The molecule has 0 aliphatic heterocycles. The van der Waals surface area contributed by atoms with Crippen LogP contribution in [0.2, 0.25) is 10.0 Å². The fourth-order valence-corrected chi connectivity index (χ4v) is 2.92. The molecule has 3 aromatic rings. The number of carbonyl (C=O) groups is 1. The molecular formula is C17H12Cl2N2O3. The van der Waals surface area contributed by atoms with E-state index in [0.29, 0.717) is 17.3 Å². The molecule has 1 N–H and O–H groups in total. The summed E-state index contributed by atoms with van der Waals surface area (Å²) >= 11 is 12.1. The third kappa shape index (κ3) is 3.09. The van der Waals surface area contributed by atoms with Gasteiger partial charge in [0.2, 0.25) is 0 Å². The highest BCUT2D eigenvalue weighted by Crippen LogP contribution is 2.24. The molecule has 0 aliphatic carbocycles. The molecule has 24 heavy (non-hydrogen) atoms. The summed E-state index contributed by atoms with van der Waals surface area (Å²) in [4.78, 5) is 23.9. The first-order chi connectivity index (χ1) is 11.5. The lowest BCUT2D eigenvalue weighted by atomic mass is 10.2. The average Bonchev–Trinajstić information content (AvgIpc) is 2.85. The summed E-state index contributed by atoms with van der Waals surface area (Å²) in [5, 5.41) is 9.93. The Morgan fingerprint density at radius 1 is 1.08 bits per heavy atom. The van der Waals surface area contributed by atoms with Crippen molar-refractivity contribution in [1.82, 2.24) is 9.36 Å². The van der Waals surface area contributed by atoms with Gasteiger partial charge in [-0.05, 0) is 23.8 Å². The zero-order valence-electron chi connectivity index (χ0n) is 12.3. The number of aromatic carboxylic acids is 1. The van der Waals surface area contributed by atoms with Crippen molar-refractivity contribution in [2.45, 2.75) is 6.54 Å². The summed E-state index contributed by atoms with van der Waals surface area (Å²) in [6.07, 6.45) is 1.31. The molecule has 0 spiro atoms. The van der Waals surface area contributed by atoms with Gasteiger partial charge in [0.1, 0.15) is 5.56 Å². The predicted octanol–water partition coefficient (Wildman–Crippen LogP) is 3.69. The molecule has 3 rings (SSSR count). The van der Waals surface area contributed by atoms with Gasteiger partial charge in [0.15, 0.2) is 0 Å².